The Morgan fingerprint density at radius 3 is 1.28 bits per heavy atom. The number of nitrogens with one attached hydrogen (secondary N) is 3. The van der Waals surface area contributed by atoms with E-state index in [2.05, 4.69) is 15.0 Å². The zero-order valence-electron chi connectivity index (χ0n) is 32.7. The van der Waals surface area contributed by atoms with E-state index in [0.29, 0.717) is 25.8 Å². The Hall–Kier alpha value is -8.40. The van der Waals surface area contributed by atoms with Gasteiger partial charge in [0.1, 0.15) is 0 Å². The molecule has 7 aromatic rings. The molecule has 0 radical (unpaired) electrons. The van der Waals surface area contributed by atoms with Crippen LogP contribution in [0.25, 0.3) is 0 Å². The largest absolute Gasteiger partial charge is 0.345 e. The first kappa shape index (κ1) is 47.0. The lowest BCUT2D eigenvalue weighted by Crippen LogP contribution is -2.46. The van der Waals surface area contributed by atoms with E-state index in [1.165, 1.54) is 38.4 Å². The molecule has 3 heterocycles. The Kier molecular flexibility index (Phi) is 16.9. The number of hydrogen-bond acceptors (Lipinski definition) is 10. The minimum Gasteiger partial charge on any atom is -0.314 e. The first-order chi connectivity index (χ1) is 28.6. The van der Waals surface area contributed by atoms with E-state index < -0.39 is 45.9 Å². The molecule has 7 rings (SSSR count). The van der Waals surface area contributed by atoms with Gasteiger partial charge in [-0.25, -0.2) is 19.0 Å². The number of benzene rings is 4. The summed E-state index contributed by atoms with van der Waals surface area (Å²) in [6.45, 7) is 6.17. The van der Waals surface area contributed by atoms with Crippen molar-refractivity contribution >= 4 is 23.5 Å². The molecule has 16 heteroatoms. The smallest absolute Gasteiger partial charge is 0.314 e. The average molecular weight is 827 g/mol. The molecule has 4 aromatic carbocycles. The van der Waals surface area contributed by atoms with Crippen LogP contribution in [0.1, 0.15) is 72.5 Å². The summed E-state index contributed by atoms with van der Waals surface area (Å²) < 4.78 is 1.88. The molecule has 0 spiro atoms. The van der Waals surface area contributed by atoms with Gasteiger partial charge in [-0.05, 0) is 64.1 Å². The van der Waals surface area contributed by atoms with Crippen molar-refractivity contribution in [1.29, 1.82) is 0 Å². The number of ketones is 1. The van der Waals surface area contributed by atoms with Crippen molar-refractivity contribution in [3.05, 3.63) is 241 Å². The lowest BCUT2D eigenvalue weighted by atomic mass is 10.2. The Morgan fingerprint density at radius 1 is 0.475 bits per heavy atom. The summed E-state index contributed by atoms with van der Waals surface area (Å²) in [7, 11) is 0. The number of H-pyrrole nitrogens is 3. The van der Waals surface area contributed by atoms with Crippen molar-refractivity contribution in [2.45, 2.75) is 35.1 Å². The van der Waals surface area contributed by atoms with Crippen molar-refractivity contribution in [3.63, 3.8) is 0 Å². The molecule has 0 amide bonds. The molecule has 0 atom stereocenters. The number of hydrogen-bond donors (Lipinski definition) is 3. The van der Waals surface area contributed by atoms with Gasteiger partial charge in [-0.1, -0.05) is 92.4 Å². The molecule has 3 aromatic heterocycles. The van der Waals surface area contributed by atoms with Crippen LogP contribution >= 0.6 is 0 Å². The topological polar surface area (TPSA) is 233 Å². The van der Waals surface area contributed by atoms with Gasteiger partial charge in [-0.2, -0.15) is 9.13 Å². The monoisotopic (exact) mass is 826 g/mol. The van der Waals surface area contributed by atoms with Crippen LogP contribution in [0.15, 0.2) is 169 Å². The quantitative estimate of drug-likeness (QED) is 0.215. The van der Waals surface area contributed by atoms with Gasteiger partial charge in [0.15, 0.2) is 5.78 Å². The van der Waals surface area contributed by atoms with Gasteiger partial charge in [-0.3, -0.25) is 38.5 Å². The van der Waals surface area contributed by atoms with Crippen LogP contribution in [0.2, 0.25) is 0 Å². The van der Waals surface area contributed by atoms with Crippen LogP contribution in [-0.2, 0) is 0 Å². The predicted molar refractivity (Wildman–Crippen MR) is 230 cm³/mol. The fraction of sp³-hybridized carbons (Fsp3) is 0.111. The minimum atomic E-state index is -0.988. The van der Waals surface area contributed by atoms with Gasteiger partial charge in [0.05, 0.1) is 0 Å². The summed E-state index contributed by atoms with van der Waals surface area (Å²) in [6, 6.07) is 33.6. The zero-order valence-corrected chi connectivity index (χ0v) is 32.7. The normalized spacial score (nSPS) is 9.84. The average Bonchev–Trinajstić information content (AvgIpc) is 3.26. The second-order valence-electron chi connectivity index (χ2n) is 12.7. The number of aryl methyl sites for hydroxylation is 3. The molecule has 61 heavy (non-hydrogen) atoms. The molecule has 0 bridgehead atoms. The van der Waals surface area contributed by atoms with Crippen LogP contribution < -0.4 is 33.7 Å². The molecule has 3 N–H and O–H groups in total. The summed E-state index contributed by atoms with van der Waals surface area (Å²) in [4.78, 5) is 124. The molecule has 0 aliphatic carbocycles. The van der Waals surface area contributed by atoms with Crippen LogP contribution in [-0.4, -0.2) is 52.2 Å². The molecule has 0 saturated heterocycles. The highest BCUT2D eigenvalue weighted by atomic mass is 16.2. The SMILES string of the molecule is C.CC(=O)c1ccccc1.Cc1c[nH]c(=O)[nH]c1=O.Cc1c[nH]c(=O)n(C(=O)c2ccccc2)c1=O.Cc1cn(C(=O)c2ccccc2)c(=O)n(C(=O)c2ccccc2)c1=O. The van der Waals surface area contributed by atoms with Crippen molar-refractivity contribution in [1.82, 2.24) is 28.7 Å². The van der Waals surface area contributed by atoms with E-state index in [4.69, 9.17) is 0 Å². The molecule has 0 fully saturated rings. The van der Waals surface area contributed by atoms with Gasteiger partial charge in [0, 0.05) is 57.5 Å². The molecule has 0 saturated carbocycles. The van der Waals surface area contributed by atoms with Crippen LogP contribution in [0, 0.1) is 20.8 Å². The molecule has 312 valence electrons. The highest BCUT2D eigenvalue weighted by Gasteiger charge is 2.21. The maximum absolute atomic E-state index is 12.7. The summed E-state index contributed by atoms with van der Waals surface area (Å²) >= 11 is 0. The number of rotatable bonds is 4. The zero-order chi connectivity index (χ0) is 43.9. The fourth-order valence-corrected chi connectivity index (χ4v) is 5.04. The minimum absolute atomic E-state index is 0. The van der Waals surface area contributed by atoms with Crippen molar-refractivity contribution in [3.8, 4) is 0 Å². The molecule has 0 unspecified atom stereocenters. The van der Waals surface area contributed by atoms with Crippen molar-refractivity contribution < 1.29 is 19.2 Å². The molecular weight excluding hydrogens is 785 g/mol. The van der Waals surface area contributed by atoms with E-state index in [0.717, 1.165) is 16.3 Å². The van der Waals surface area contributed by atoms with Crippen LogP contribution in [0.3, 0.4) is 0 Å². The van der Waals surface area contributed by atoms with Crippen molar-refractivity contribution in [2.24, 2.45) is 0 Å². The summed E-state index contributed by atoms with van der Waals surface area (Å²) in [6.07, 6.45) is 3.83. The van der Waals surface area contributed by atoms with E-state index in [1.807, 2.05) is 30.3 Å². The number of Topliss-reactive ketones (excluding diaryl/α,β-unsaturated/α-hetero) is 1. The van der Waals surface area contributed by atoms with E-state index >= 15 is 0 Å². The predicted octanol–water partition coefficient (Wildman–Crippen LogP) is 4.13. The van der Waals surface area contributed by atoms with E-state index in [-0.39, 0.29) is 35.5 Å². The summed E-state index contributed by atoms with van der Waals surface area (Å²) in [5.74, 6) is -1.88. The van der Waals surface area contributed by atoms with Gasteiger partial charge < -0.3 is 9.97 Å². The van der Waals surface area contributed by atoms with E-state index in [9.17, 15) is 47.9 Å². The fourth-order valence-electron chi connectivity index (χ4n) is 5.04. The number of carbonyl (C=O) groups is 4. The number of carbonyl (C=O) groups excluding carboxylic acids is 4. The van der Waals surface area contributed by atoms with Crippen LogP contribution in [0.5, 0.6) is 0 Å². The summed E-state index contributed by atoms with van der Waals surface area (Å²) in [5, 5.41) is 0. The number of nitrogens with zero attached hydrogens (tertiary/aromatic N) is 3. The number of aromatic nitrogens is 6. The van der Waals surface area contributed by atoms with Crippen molar-refractivity contribution in [2.75, 3.05) is 0 Å². The number of aromatic amines is 3. The maximum Gasteiger partial charge on any atom is 0.345 e. The molecule has 0 aliphatic rings. The molecular formula is C45H42N6O10. The highest BCUT2D eigenvalue weighted by Crippen LogP contribution is 2.04. The standard InChI is InChI=1S/C19H14N2O4.C12H10N2O3.C8H8O.C5H6N2O2.CH4/c1-13-12-20(17(23)14-8-4-2-5-9-14)19(25)21(16(13)22)18(24)15-10-6-3-7-11-15;1-8-7-13-12(17)14(10(8)15)11(16)9-5-3-2-4-6-9;1-7(9)8-5-3-2-4-6-8;1-3-2-6-5(9)7-4(3)8;/h2-12H,1H3;2-7H,1H3,(H,13,17);2-6H,1H3;2H,1H3,(H2,6,7,8,9);1H4. The first-order valence-electron chi connectivity index (χ1n) is 17.9. The van der Waals surface area contributed by atoms with Gasteiger partial charge in [-0.15, -0.1) is 0 Å². The highest BCUT2D eigenvalue weighted by molar-refractivity contribution is 5.98. The second kappa shape index (κ2) is 21.9. The lowest BCUT2D eigenvalue weighted by molar-refractivity contribution is 0.0924. The molecule has 16 nitrogen and oxygen atoms in total. The molecule has 0 aliphatic heterocycles. The Balaban J connectivity index is 0.000000237. The Bertz CT molecular complexity index is 3000. The van der Waals surface area contributed by atoms with Gasteiger partial charge in [0.25, 0.3) is 34.4 Å². The van der Waals surface area contributed by atoms with E-state index in [1.54, 1.807) is 92.7 Å². The third-order valence-electron chi connectivity index (χ3n) is 8.29. The lowest BCUT2D eigenvalue weighted by Gasteiger charge is -2.10. The Morgan fingerprint density at radius 2 is 0.869 bits per heavy atom. The Labute approximate surface area is 347 Å². The second-order valence-corrected chi connectivity index (χ2v) is 12.7. The first-order valence-corrected chi connectivity index (χ1v) is 17.9. The summed E-state index contributed by atoms with van der Waals surface area (Å²) in [5.41, 5.74) is -1.37. The van der Waals surface area contributed by atoms with Crippen LogP contribution in [0.4, 0.5) is 0 Å². The third-order valence-corrected chi connectivity index (χ3v) is 8.29. The third kappa shape index (κ3) is 12.3. The maximum atomic E-state index is 12.7. The van der Waals surface area contributed by atoms with Gasteiger partial charge >= 0.3 is 17.1 Å². The van der Waals surface area contributed by atoms with Gasteiger partial charge in [0.2, 0.25) is 0 Å².